The highest BCUT2D eigenvalue weighted by atomic mass is 32.2. The Morgan fingerprint density at radius 2 is 2.11 bits per heavy atom. The molecule has 1 aromatic rings. The number of hydrogen-bond donors (Lipinski definition) is 1. The summed E-state index contributed by atoms with van der Waals surface area (Å²) in [4.78, 5) is 14.1. The Labute approximate surface area is 112 Å². The molecule has 18 heavy (non-hydrogen) atoms. The van der Waals surface area contributed by atoms with Crippen LogP contribution in [0, 0.1) is 10.1 Å². The van der Waals surface area contributed by atoms with E-state index >= 15 is 0 Å². The van der Waals surface area contributed by atoms with Crippen molar-refractivity contribution in [1.29, 1.82) is 0 Å². The van der Waals surface area contributed by atoms with E-state index in [-0.39, 0.29) is 10.4 Å². The van der Waals surface area contributed by atoms with E-state index in [1.807, 2.05) is 11.8 Å². The summed E-state index contributed by atoms with van der Waals surface area (Å²) in [7, 11) is 0. The van der Waals surface area contributed by atoms with Gasteiger partial charge in [-0.2, -0.15) is 11.8 Å². The van der Waals surface area contributed by atoms with Gasteiger partial charge in [0.05, 0.1) is 4.92 Å². The molecule has 0 aliphatic rings. The molecular weight excluding hydrogens is 250 g/mol. The van der Waals surface area contributed by atoms with Crippen LogP contribution in [0.3, 0.4) is 0 Å². The lowest BCUT2D eigenvalue weighted by atomic mass is 10.0. The molecule has 100 valence electrons. The van der Waals surface area contributed by atoms with Crippen molar-refractivity contribution in [3.05, 3.63) is 28.4 Å². The molecule has 0 spiro atoms. The summed E-state index contributed by atoms with van der Waals surface area (Å²) in [6.07, 6.45) is 5.54. The van der Waals surface area contributed by atoms with Gasteiger partial charge in [0.2, 0.25) is 0 Å². The fourth-order valence-corrected chi connectivity index (χ4v) is 2.50. The smallest absolute Gasteiger partial charge is 0.287 e. The fourth-order valence-electron chi connectivity index (χ4n) is 1.71. The van der Waals surface area contributed by atoms with Crippen molar-refractivity contribution in [2.24, 2.45) is 0 Å². The van der Waals surface area contributed by atoms with Crippen LogP contribution in [0.2, 0.25) is 0 Å². The van der Waals surface area contributed by atoms with Crippen LogP contribution in [-0.2, 0) is 0 Å². The summed E-state index contributed by atoms with van der Waals surface area (Å²) < 4.78 is 0.198. The van der Waals surface area contributed by atoms with Gasteiger partial charge in [0.25, 0.3) is 5.69 Å². The highest BCUT2D eigenvalue weighted by molar-refractivity contribution is 8.00. The van der Waals surface area contributed by atoms with Gasteiger partial charge in [-0.05, 0) is 25.2 Å². The van der Waals surface area contributed by atoms with E-state index in [1.54, 1.807) is 6.07 Å². The molecule has 0 unspecified atom stereocenters. The van der Waals surface area contributed by atoms with Crippen LogP contribution in [0.25, 0.3) is 0 Å². The third-order valence-electron chi connectivity index (χ3n) is 3.27. The van der Waals surface area contributed by atoms with E-state index in [1.165, 1.54) is 12.3 Å². The largest absolute Gasteiger partial charge is 0.369 e. The Kier molecular flexibility index (Phi) is 5.40. The minimum atomic E-state index is -0.443. The van der Waals surface area contributed by atoms with E-state index in [0.717, 1.165) is 19.4 Å². The van der Waals surface area contributed by atoms with Crippen molar-refractivity contribution >= 4 is 23.3 Å². The molecule has 0 aromatic carbocycles. The summed E-state index contributed by atoms with van der Waals surface area (Å²) in [6, 6.07) is 3.11. The van der Waals surface area contributed by atoms with Crippen molar-refractivity contribution in [3.8, 4) is 0 Å². The summed E-state index contributed by atoms with van der Waals surface area (Å²) >= 11 is 1.85. The van der Waals surface area contributed by atoms with Crippen molar-refractivity contribution < 1.29 is 4.92 Å². The Bertz CT molecular complexity index is 383. The fraction of sp³-hybridized carbons (Fsp3) is 0.583. The lowest BCUT2D eigenvalue weighted by Crippen LogP contribution is -2.32. The first-order valence-corrected chi connectivity index (χ1v) is 7.19. The molecule has 0 radical (unpaired) electrons. The van der Waals surface area contributed by atoms with Gasteiger partial charge in [0, 0.05) is 17.4 Å². The highest BCUT2D eigenvalue weighted by Crippen LogP contribution is 2.30. The average Bonchev–Trinajstić information content (AvgIpc) is 2.41. The van der Waals surface area contributed by atoms with Gasteiger partial charge in [-0.3, -0.25) is 10.1 Å². The minimum absolute atomic E-state index is 0.0164. The SMILES string of the molecule is CCC(CC)(CNc1ccc([N+](=O)[O-])cn1)SC. The second kappa shape index (κ2) is 6.58. The Balaban J connectivity index is 2.65. The van der Waals surface area contributed by atoms with Gasteiger partial charge in [-0.15, -0.1) is 0 Å². The normalized spacial score (nSPS) is 11.3. The maximum absolute atomic E-state index is 10.5. The van der Waals surface area contributed by atoms with Crippen molar-refractivity contribution in [2.45, 2.75) is 31.4 Å². The number of aromatic nitrogens is 1. The number of nitrogens with one attached hydrogen (secondary N) is 1. The Morgan fingerprint density at radius 3 is 2.50 bits per heavy atom. The van der Waals surface area contributed by atoms with Gasteiger partial charge in [-0.25, -0.2) is 4.98 Å². The van der Waals surface area contributed by atoms with Gasteiger partial charge >= 0.3 is 0 Å². The monoisotopic (exact) mass is 269 g/mol. The number of hydrogen-bond acceptors (Lipinski definition) is 5. The lowest BCUT2D eigenvalue weighted by molar-refractivity contribution is -0.385. The number of thioether (sulfide) groups is 1. The minimum Gasteiger partial charge on any atom is -0.369 e. The van der Waals surface area contributed by atoms with Gasteiger partial charge in [0.15, 0.2) is 0 Å². The van der Waals surface area contributed by atoms with Crippen LogP contribution in [0.15, 0.2) is 18.3 Å². The quantitative estimate of drug-likeness (QED) is 0.607. The first kappa shape index (κ1) is 14.8. The van der Waals surface area contributed by atoms with E-state index in [4.69, 9.17) is 0 Å². The second-order valence-corrected chi connectivity index (χ2v) is 5.38. The Morgan fingerprint density at radius 1 is 1.44 bits per heavy atom. The molecule has 1 heterocycles. The molecule has 0 aliphatic carbocycles. The van der Waals surface area contributed by atoms with Crippen LogP contribution in [0.5, 0.6) is 0 Å². The molecule has 6 heteroatoms. The van der Waals surface area contributed by atoms with Crippen LogP contribution < -0.4 is 5.32 Å². The molecule has 1 aromatic heterocycles. The zero-order valence-electron chi connectivity index (χ0n) is 11.0. The van der Waals surface area contributed by atoms with Gasteiger partial charge in [0.1, 0.15) is 12.0 Å². The van der Waals surface area contributed by atoms with E-state index < -0.39 is 4.92 Å². The molecule has 0 saturated heterocycles. The Hall–Kier alpha value is -1.30. The van der Waals surface area contributed by atoms with Crippen LogP contribution in [-0.4, -0.2) is 27.5 Å². The van der Waals surface area contributed by atoms with Crippen LogP contribution in [0.1, 0.15) is 26.7 Å². The molecule has 0 aliphatic heterocycles. The molecule has 0 fully saturated rings. The van der Waals surface area contributed by atoms with E-state index in [9.17, 15) is 10.1 Å². The third-order valence-corrected chi connectivity index (χ3v) is 4.86. The topological polar surface area (TPSA) is 68.1 Å². The van der Waals surface area contributed by atoms with Crippen LogP contribution >= 0.6 is 11.8 Å². The zero-order chi connectivity index (χ0) is 13.6. The number of rotatable bonds is 7. The number of nitro groups is 1. The standard InChI is InChI=1S/C12H19N3O2S/c1-4-12(5-2,18-3)9-14-11-7-6-10(8-13-11)15(16)17/h6-8H,4-5,9H2,1-3H3,(H,13,14). The van der Waals surface area contributed by atoms with Crippen LogP contribution in [0.4, 0.5) is 11.5 Å². The molecule has 0 saturated carbocycles. The molecule has 1 N–H and O–H groups in total. The highest BCUT2D eigenvalue weighted by Gasteiger charge is 2.24. The molecule has 0 bridgehead atoms. The molecule has 0 amide bonds. The predicted octanol–water partition coefficient (Wildman–Crippen LogP) is 3.32. The van der Waals surface area contributed by atoms with Gasteiger partial charge in [-0.1, -0.05) is 13.8 Å². The van der Waals surface area contributed by atoms with Gasteiger partial charge < -0.3 is 5.32 Å². The predicted molar refractivity (Wildman–Crippen MR) is 76.2 cm³/mol. The molecule has 5 nitrogen and oxygen atoms in total. The number of pyridine rings is 1. The van der Waals surface area contributed by atoms with Crippen molar-refractivity contribution in [1.82, 2.24) is 4.98 Å². The maximum atomic E-state index is 10.5. The van der Waals surface area contributed by atoms with Crippen molar-refractivity contribution in [2.75, 3.05) is 18.1 Å². The molecule has 1 rings (SSSR count). The summed E-state index contributed by atoms with van der Waals surface area (Å²) in [5.74, 6) is 0.681. The summed E-state index contributed by atoms with van der Waals surface area (Å²) in [5, 5.41) is 13.8. The maximum Gasteiger partial charge on any atom is 0.287 e. The average molecular weight is 269 g/mol. The second-order valence-electron chi connectivity index (χ2n) is 4.11. The summed E-state index contributed by atoms with van der Waals surface area (Å²) in [6.45, 7) is 5.15. The lowest BCUT2D eigenvalue weighted by Gasteiger charge is -2.30. The number of nitrogens with zero attached hydrogens (tertiary/aromatic N) is 2. The van der Waals surface area contributed by atoms with E-state index in [2.05, 4.69) is 30.4 Å². The first-order chi connectivity index (χ1) is 8.56. The first-order valence-electron chi connectivity index (χ1n) is 5.96. The number of anilines is 1. The van der Waals surface area contributed by atoms with Crippen molar-refractivity contribution in [3.63, 3.8) is 0 Å². The van der Waals surface area contributed by atoms with E-state index in [0.29, 0.717) is 5.82 Å². The molecular formula is C12H19N3O2S. The summed E-state index contributed by atoms with van der Waals surface area (Å²) in [5.41, 5.74) is 0.0164. The zero-order valence-corrected chi connectivity index (χ0v) is 11.8. The third kappa shape index (κ3) is 3.60. The molecule has 0 atom stereocenters.